The van der Waals surface area contributed by atoms with Crippen LogP contribution in [0, 0.1) is 11.8 Å². The van der Waals surface area contributed by atoms with Crippen molar-refractivity contribution < 1.29 is 9.47 Å². The minimum atomic E-state index is -2.12. The van der Waals surface area contributed by atoms with Crippen molar-refractivity contribution >= 4 is 44.8 Å². The van der Waals surface area contributed by atoms with E-state index in [9.17, 15) is 4.91 Å². The van der Waals surface area contributed by atoms with Crippen molar-refractivity contribution in [1.29, 1.82) is 0 Å². The van der Waals surface area contributed by atoms with Crippen molar-refractivity contribution in [1.82, 2.24) is 0 Å². The van der Waals surface area contributed by atoms with Crippen molar-refractivity contribution in [2.24, 2.45) is 5.18 Å². The molecule has 0 radical (unpaired) electrons. The zero-order valence-electron chi connectivity index (χ0n) is 25.8. The van der Waals surface area contributed by atoms with Gasteiger partial charge in [-0.1, -0.05) is 0 Å². The van der Waals surface area contributed by atoms with Crippen LogP contribution in [0.3, 0.4) is 0 Å². The Balaban J connectivity index is 1.29. The molecule has 0 aliphatic rings. The number of benzene rings is 4. The smallest absolute Gasteiger partial charge is 0.491 e. The van der Waals surface area contributed by atoms with Gasteiger partial charge in [0.2, 0.25) is 0 Å². The minimum Gasteiger partial charge on any atom is -0.491 e. The molecule has 0 N–H and O–H groups in total. The number of nitrogens with zero attached hydrogens (tertiary/aromatic N) is 1. The molecule has 0 bridgehead atoms. The molecule has 43 heavy (non-hydrogen) atoms. The zero-order chi connectivity index (χ0) is 30.5. The quantitative estimate of drug-likeness (QED) is 0.0643. The van der Waals surface area contributed by atoms with Crippen LogP contribution < -0.4 is 25.4 Å². The number of ether oxygens (including phenoxy) is 2. The molecule has 0 saturated carbocycles. The zero-order valence-corrected chi connectivity index (χ0v) is 28.4. The summed E-state index contributed by atoms with van der Waals surface area (Å²) in [6.45, 7) is 1.93. The topological polar surface area (TPSA) is 47.9 Å². The van der Waals surface area contributed by atoms with Gasteiger partial charge < -0.3 is 9.47 Å². The average Bonchev–Trinajstić information content (AvgIpc) is 3.06. The summed E-state index contributed by atoms with van der Waals surface area (Å²) in [5, 5.41) is 7.74. The molecule has 6 heteroatoms. The number of methoxy groups -OCH3 is 2. The van der Waals surface area contributed by atoms with Crippen LogP contribution in [0.1, 0.15) is 62.5 Å². The SMILES string of the molecule is COc1c(Br)c(CCCCCCCCCC[PH](c2ccccc2)(c2ccccc2)c2ccccc2)c(C)c(N=O)c1OC. The van der Waals surface area contributed by atoms with E-state index in [0.29, 0.717) is 17.2 Å². The molecular formula is C37H45BrNO3P. The van der Waals surface area contributed by atoms with E-state index in [1.165, 1.54) is 67.7 Å². The molecule has 4 aromatic rings. The van der Waals surface area contributed by atoms with Crippen LogP contribution in [0.5, 0.6) is 11.5 Å². The summed E-state index contributed by atoms with van der Waals surface area (Å²) in [6.07, 6.45) is 11.9. The summed E-state index contributed by atoms with van der Waals surface area (Å²) in [7, 11) is 1.00. The third-order valence-electron chi connectivity index (χ3n) is 8.72. The standard InChI is InChI=1S/C37H45BrNO3P/c1-29-33(34(38)36(41-2)37(42-3)35(29)39-40)27-19-8-6-4-5-7-9-20-28-43(30-21-13-10-14-22-30,31-23-15-11-16-24-31)32-25-17-12-18-26-32/h10-18,21-26,43H,4-9,19-20,27-28H2,1-3H3. The Labute approximate surface area is 266 Å². The third-order valence-corrected chi connectivity index (χ3v) is 14.6. The number of nitroso groups, excluding NO2 is 1. The molecule has 0 fully saturated rings. The first kappa shape index (κ1) is 32.9. The summed E-state index contributed by atoms with van der Waals surface area (Å²) in [5.41, 5.74) is 2.27. The van der Waals surface area contributed by atoms with E-state index in [4.69, 9.17) is 9.47 Å². The Morgan fingerprint density at radius 1 is 0.628 bits per heavy atom. The van der Waals surface area contributed by atoms with Gasteiger partial charge in [-0.25, -0.2) is 0 Å². The van der Waals surface area contributed by atoms with Gasteiger partial charge in [0.15, 0.2) is 17.2 Å². The van der Waals surface area contributed by atoms with Crippen molar-refractivity contribution in [3.63, 3.8) is 0 Å². The fraction of sp³-hybridized carbons (Fsp3) is 0.351. The van der Waals surface area contributed by atoms with Crippen LogP contribution in [0.2, 0.25) is 0 Å². The van der Waals surface area contributed by atoms with Gasteiger partial charge in [-0.3, -0.25) is 0 Å². The Bertz CT molecular complexity index is 1330. The maximum absolute atomic E-state index is 11.5. The van der Waals surface area contributed by atoms with Gasteiger partial charge in [0.25, 0.3) is 0 Å². The maximum atomic E-state index is 11.5. The van der Waals surface area contributed by atoms with E-state index in [-0.39, 0.29) is 0 Å². The van der Waals surface area contributed by atoms with Crippen LogP contribution in [0.25, 0.3) is 0 Å². The average molecular weight is 663 g/mol. The second kappa shape index (κ2) is 16.7. The minimum absolute atomic E-state index is 0.330. The molecule has 0 aliphatic carbocycles. The second-order valence-corrected chi connectivity index (χ2v) is 16.1. The van der Waals surface area contributed by atoms with E-state index in [1.807, 2.05) is 6.92 Å². The van der Waals surface area contributed by atoms with Crippen molar-refractivity contribution in [2.45, 2.75) is 64.7 Å². The fourth-order valence-electron chi connectivity index (χ4n) is 6.45. The second-order valence-electron chi connectivity index (χ2n) is 11.3. The molecule has 4 nitrogen and oxygen atoms in total. The molecule has 228 valence electrons. The summed E-state index contributed by atoms with van der Waals surface area (Å²) < 4.78 is 11.8. The Hall–Kier alpha value is -3.01. The molecular weight excluding hydrogens is 617 g/mol. The number of rotatable bonds is 17. The fourth-order valence-corrected chi connectivity index (χ4v) is 12.2. The summed E-state index contributed by atoms with van der Waals surface area (Å²) in [4.78, 5) is 11.5. The van der Waals surface area contributed by atoms with Gasteiger partial charge in [0, 0.05) is 0 Å². The predicted molar refractivity (Wildman–Crippen MR) is 189 cm³/mol. The molecule has 0 saturated heterocycles. The van der Waals surface area contributed by atoms with Crippen molar-refractivity contribution in [2.75, 3.05) is 20.4 Å². The Kier molecular flexibility index (Phi) is 12.8. The normalized spacial score (nSPS) is 11.7. The van der Waals surface area contributed by atoms with Gasteiger partial charge in [-0.2, -0.15) is 0 Å². The van der Waals surface area contributed by atoms with Crippen LogP contribution in [0.15, 0.2) is 101 Å². The summed E-state index contributed by atoms with van der Waals surface area (Å²) in [5.74, 6) is 0.929. The van der Waals surface area contributed by atoms with Gasteiger partial charge in [-0.05, 0) is 28.0 Å². The van der Waals surface area contributed by atoms with Crippen molar-refractivity contribution in [3.05, 3.63) is 112 Å². The Morgan fingerprint density at radius 3 is 1.47 bits per heavy atom. The first-order chi connectivity index (χ1) is 21.1. The number of hydrogen-bond donors (Lipinski definition) is 0. The van der Waals surface area contributed by atoms with E-state index in [2.05, 4.69) is 112 Å². The van der Waals surface area contributed by atoms with E-state index in [0.717, 1.165) is 34.9 Å². The molecule has 0 atom stereocenters. The van der Waals surface area contributed by atoms with E-state index in [1.54, 1.807) is 7.11 Å². The van der Waals surface area contributed by atoms with E-state index < -0.39 is 7.26 Å². The van der Waals surface area contributed by atoms with Crippen LogP contribution >= 0.6 is 23.2 Å². The van der Waals surface area contributed by atoms with Crippen LogP contribution in [0.4, 0.5) is 5.69 Å². The van der Waals surface area contributed by atoms with Gasteiger partial charge >= 0.3 is 194 Å². The summed E-state index contributed by atoms with van der Waals surface area (Å²) >= 11 is 3.68. The molecule has 0 aliphatic heterocycles. The number of halogens is 1. The molecule has 4 aromatic carbocycles. The van der Waals surface area contributed by atoms with Crippen LogP contribution in [-0.4, -0.2) is 20.4 Å². The Morgan fingerprint density at radius 2 is 1.05 bits per heavy atom. The first-order valence-corrected chi connectivity index (χ1v) is 18.5. The molecule has 4 rings (SSSR count). The molecule has 0 spiro atoms. The van der Waals surface area contributed by atoms with Crippen LogP contribution in [-0.2, 0) is 6.42 Å². The molecule has 0 aromatic heterocycles. The molecule has 0 amide bonds. The predicted octanol–water partition coefficient (Wildman–Crippen LogP) is 9.56. The van der Waals surface area contributed by atoms with Gasteiger partial charge in [-0.15, -0.1) is 4.91 Å². The number of hydrogen-bond acceptors (Lipinski definition) is 4. The third kappa shape index (κ3) is 7.75. The summed E-state index contributed by atoms with van der Waals surface area (Å²) in [6, 6.07) is 33.7. The van der Waals surface area contributed by atoms with Gasteiger partial charge in [0.1, 0.15) is 0 Å². The number of unbranched alkanes of at least 4 members (excludes halogenated alkanes) is 7. The monoisotopic (exact) mass is 661 g/mol. The van der Waals surface area contributed by atoms with E-state index >= 15 is 0 Å². The van der Waals surface area contributed by atoms with Crippen molar-refractivity contribution in [3.8, 4) is 11.5 Å². The van der Waals surface area contributed by atoms with Gasteiger partial charge in [0.05, 0.1) is 14.2 Å². The first-order valence-electron chi connectivity index (χ1n) is 15.5. The molecule has 0 heterocycles. The molecule has 0 unspecified atom stereocenters.